The van der Waals surface area contributed by atoms with Crippen LogP contribution in [-0.2, 0) is 0 Å². The maximum absolute atomic E-state index is 12.7. The number of carbonyl (C=O) groups excluding carboxylic acids is 1. The van der Waals surface area contributed by atoms with Gasteiger partial charge in [0, 0.05) is 0 Å². The molecule has 1 fully saturated rings. The molecule has 1 aliphatic heterocycles. The van der Waals surface area contributed by atoms with Crippen LogP contribution in [-0.4, -0.2) is 31.2 Å². The summed E-state index contributed by atoms with van der Waals surface area (Å²) in [5.41, 5.74) is 7.68. The Morgan fingerprint density at radius 1 is 1.32 bits per heavy atom. The highest BCUT2D eigenvalue weighted by Crippen LogP contribution is 2.33. The molecule has 0 unspecified atom stereocenters. The molecule has 1 amide bonds. The minimum atomic E-state index is -0.590. The van der Waals surface area contributed by atoms with Crippen LogP contribution in [0.3, 0.4) is 0 Å². The lowest BCUT2D eigenvalue weighted by Crippen LogP contribution is -2.67. The van der Waals surface area contributed by atoms with E-state index in [1.54, 1.807) is 0 Å². The van der Waals surface area contributed by atoms with Gasteiger partial charge in [0.25, 0.3) is 11.5 Å². The number of anilines is 3. The lowest BCUT2D eigenvalue weighted by molar-refractivity contribution is 0.0790. The van der Waals surface area contributed by atoms with Gasteiger partial charge in [-0.2, -0.15) is 4.98 Å². The molecule has 25 heavy (non-hydrogen) atoms. The second-order valence-corrected chi connectivity index (χ2v) is 6.10. The number of halogens is 2. The number of nitrogens with zero attached hydrogens (tertiary/aromatic N) is 4. The first-order valence-corrected chi connectivity index (χ1v) is 7.63. The molecule has 2 aromatic heterocycles. The van der Waals surface area contributed by atoms with Crippen molar-refractivity contribution in [1.82, 2.24) is 24.9 Å². The van der Waals surface area contributed by atoms with E-state index >= 15 is 0 Å². The molecule has 12 heteroatoms. The van der Waals surface area contributed by atoms with E-state index in [-0.39, 0.29) is 46.6 Å². The molecule has 0 atom stereocenters. The summed E-state index contributed by atoms with van der Waals surface area (Å²) in [5, 5.41) is 5.74. The van der Waals surface area contributed by atoms with Gasteiger partial charge in [-0.3, -0.25) is 15.0 Å². The standard InChI is InChI=1S/C13H13ClN8O2.ClH/c14-6-4-7(18-12-17-5-16-11(15)19-12)10(24)22-8(6)9(23)20-13(21-22)2-1-3-13;/h4-5,21H,1-3H2,(H,20,23)(H3,15,16,17,18,19);1H. The van der Waals surface area contributed by atoms with Crippen molar-refractivity contribution in [2.45, 2.75) is 24.9 Å². The van der Waals surface area contributed by atoms with Crippen molar-refractivity contribution in [3.05, 3.63) is 33.5 Å². The van der Waals surface area contributed by atoms with Gasteiger partial charge in [0.1, 0.15) is 23.4 Å². The van der Waals surface area contributed by atoms with E-state index in [9.17, 15) is 9.59 Å². The van der Waals surface area contributed by atoms with E-state index in [0.29, 0.717) is 0 Å². The molecule has 1 spiro atoms. The minimum absolute atomic E-state index is 0. The zero-order valence-electron chi connectivity index (χ0n) is 12.7. The molecule has 1 aliphatic carbocycles. The molecule has 4 rings (SSSR count). The highest BCUT2D eigenvalue weighted by atomic mass is 35.5. The van der Waals surface area contributed by atoms with Crippen LogP contribution < -0.4 is 27.4 Å². The number of hydrogen-bond donors (Lipinski definition) is 4. The molecule has 3 heterocycles. The first-order chi connectivity index (χ1) is 11.5. The molecule has 2 aliphatic rings. The Morgan fingerprint density at radius 2 is 2.08 bits per heavy atom. The molecule has 5 N–H and O–H groups in total. The Kier molecular flexibility index (Phi) is 4.17. The van der Waals surface area contributed by atoms with Crippen LogP contribution in [0.5, 0.6) is 0 Å². The third-order valence-corrected chi connectivity index (χ3v) is 4.38. The number of nitrogens with two attached hydrogens (primary N) is 1. The molecule has 10 nitrogen and oxygen atoms in total. The molecular formula is C13H14Cl2N8O2. The van der Waals surface area contributed by atoms with Crippen molar-refractivity contribution in [3.63, 3.8) is 0 Å². The number of amides is 1. The average molecular weight is 385 g/mol. The van der Waals surface area contributed by atoms with E-state index in [1.165, 1.54) is 17.1 Å². The number of carbonyl (C=O) groups is 1. The first kappa shape index (κ1) is 17.2. The van der Waals surface area contributed by atoms with Crippen molar-refractivity contribution in [2.75, 3.05) is 16.5 Å². The zero-order valence-corrected chi connectivity index (χ0v) is 14.3. The summed E-state index contributed by atoms with van der Waals surface area (Å²) in [6.07, 6.45) is 3.66. The third kappa shape index (κ3) is 2.83. The van der Waals surface area contributed by atoms with Gasteiger partial charge in [-0.25, -0.2) is 14.6 Å². The Bertz CT molecular complexity index is 911. The second-order valence-electron chi connectivity index (χ2n) is 5.69. The predicted octanol–water partition coefficient (Wildman–Crippen LogP) is 0.601. The smallest absolute Gasteiger partial charge is 0.293 e. The number of rotatable bonds is 2. The van der Waals surface area contributed by atoms with E-state index in [4.69, 9.17) is 17.3 Å². The maximum atomic E-state index is 12.7. The summed E-state index contributed by atoms with van der Waals surface area (Å²) in [6.45, 7) is 0. The van der Waals surface area contributed by atoms with Crippen molar-refractivity contribution in [2.24, 2.45) is 0 Å². The van der Waals surface area contributed by atoms with Crippen molar-refractivity contribution < 1.29 is 4.79 Å². The second kappa shape index (κ2) is 6.05. The number of hydrogen-bond acceptors (Lipinski definition) is 8. The number of nitrogen functional groups attached to an aromatic ring is 1. The number of fused-ring (bicyclic) bond motifs is 1. The van der Waals surface area contributed by atoms with Gasteiger partial charge in [0.2, 0.25) is 11.9 Å². The van der Waals surface area contributed by atoms with E-state index in [0.717, 1.165) is 19.3 Å². The average Bonchev–Trinajstić information content (AvgIpc) is 2.50. The van der Waals surface area contributed by atoms with Crippen LogP contribution in [0.15, 0.2) is 17.2 Å². The van der Waals surface area contributed by atoms with Gasteiger partial charge < -0.3 is 16.4 Å². The lowest BCUT2D eigenvalue weighted by Gasteiger charge is -2.47. The Labute approximate surface area is 152 Å². The first-order valence-electron chi connectivity index (χ1n) is 7.25. The quantitative estimate of drug-likeness (QED) is 0.589. The summed E-state index contributed by atoms with van der Waals surface area (Å²) in [4.78, 5) is 36.5. The summed E-state index contributed by atoms with van der Waals surface area (Å²) >= 11 is 6.19. The van der Waals surface area contributed by atoms with E-state index < -0.39 is 11.2 Å². The summed E-state index contributed by atoms with van der Waals surface area (Å²) in [6, 6.07) is 1.36. The van der Waals surface area contributed by atoms with Crippen LogP contribution in [0.25, 0.3) is 0 Å². The normalized spacial score (nSPS) is 16.8. The van der Waals surface area contributed by atoms with Gasteiger partial charge in [-0.1, -0.05) is 11.6 Å². The molecule has 2 aromatic rings. The number of nitrogens with one attached hydrogen (secondary N) is 3. The zero-order chi connectivity index (χ0) is 16.9. The lowest BCUT2D eigenvalue weighted by atomic mass is 9.84. The summed E-state index contributed by atoms with van der Waals surface area (Å²) in [7, 11) is 0. The molecule has 0 aromatic carbocycles. The van der Waals surface area contributed by atoms with Gasteiger partial charge in [0.05, 0.1) is 5.02 Å². The monoisotopic (exact) mass is 384 g/mol. The summed E-state index contributed by atoms with van der Waals surface area (Å²) < 4.78 is 1.17. The van der Waals surface area contributed by atoms with Crippen LogP contribution in [0.1, 0.15) is 29.8 Å². The van der Waals surface area contributed by atoms with E-state index in [1.807, 2.05) is 0 Å². The fourth-order valence-corrected chi connectivity index (χ4v) is 3.05. The van der Waals surface area contributed by atoms with Crippen LogP contribution in [0, 0.1) is 0 Å². The predicted molar refractivity (Wildman–Crippen MR) is 93.9 cm³/mol. The Morgan fingerprint density at radius 3 is 2.72 bits per heavy atom. The highest BCUT2D eigenvalue weighted by Gasteiger charge is 2.44. The van der Waals surface area contributed by atoms with Gasteiger partial charge >= 0.3 is 0 Å². The molecule has 0 bridgehead atoms. The Hall–Kier alpha value is -2.59. The number of aromatic nitrogens is 4. The van der Waals surface area contributed by atoms with Gasteiger partial charge in [-0.15, -0.1) is 12.4 Å². The van der Waals surface area contributed by atoms with Crippen molar-refractivity contribution in [1.29, 1.82) is 0 Å². The Balaban J connectivity index is 0.00000182. The van der Waals surface area contributed by atoms with E-state index in [2.05, 4.69) is 31.0 Å². The van der Waals surface area contributed by atoms with Gasteiger partial charge in [0.15, 0.2) is 0 Å². The van der Waals surface area contributed by atoms with Crippen molar-refractivity contribution >= 4 is 47.5 Å². The third-order valence-electron chi connectivity index (χ3n) is 4.09. The highest BCUT2D eigenvalue weighted by molar-refractivity contribution is 6.34. The topological polar surface area (TPSA) is 140 Å². The van der Waals surface area contributed by atoms with Crippen LogP contribution >= 0.6 is 24.0 Å². The molecule has 1 saturated carbocycles. The SMILES string of the molecule is Cl.Nc1ncnc(Nc2cc(Cl)c3n(c2=O)NC2(CCC2)NC3=O)n1. The maximum Gasteiger partial charge on any atom is 0.293 e. The fraction of sp³-hybridized carbons (Fsp3) is 0.308. The molecular weight excluding hydrogens is 371 g/mol. The molecule has 0 radical (unpaired) electrons. The molecule has 0 saturated heterocycles. The fourth-order valence-electron chi connectivity index (χ4n) is 2.77. The molecule has 132 valence electrons. The number of pyridine rings is 1. The minimum Gasteiger partial charge on any atom is -0.368 e. The largest absolute Gasteiger partial charge is 0.368 e. The van der Waals surface area contributed by atoms with Crippen LogP contribution in [0.2, 0.25) is 5.02 Å². The van der Waals surface area contributed by atoms with Crippen molar-refractivity contribution in [3.8, 4) is 0 Å². The van der Waals surface area contributed by atoms with Gasteiger partial charge in [-0.05, 0) is 25.3 Å². The summed E-state index contributed by atoms with van der Waals surface area (Å²) in [5.74, 6) is -0.260. The van der Waals surface area contributed by atoms with Crippen LogP contribution in [0.4, 0.5) is 17.6 Å².